The second-order valence-electron chi connectivity index (χ2n) is 29.2. The van der Waals surface area contributed by atoms with E-state index < -0.39 is 26.5 Å². The van der Waals surface area contributed by atoms with Crippen LogP contribution < -0.4 is 0 Å². The first-order valence-electron chi connectivity index (χ1n) is 40.7. The third-order valence-corrected chi connectivity index (χ3v) is 19.6. The van der Waals surface area contributed by atoms with Gasteiger partial charge < -0.3 is 18.9 Å². The van der Waals surface area contributed by atoms with E-state index in [4.69, 9.17) is 18.5 Å². The summed E-state index contributed by atoms with van der Waals surface area (Å²) in [5, 5.41) is 0. The van der Waals surface area contributed by atoms with E-state index in [-0.39, 0.29) is 25.6 Å². The normalized spacial score (nSPS) is 13.2. The summed E-state index contributed by atoms with van der Waals surface area (Å²) in [6, 6.07) is 0. The molecule has 0 aromatic carbocycles. The van der Waals surface area contributed by atoms with Gasteiger partial charge in [0.05, 0.1) is 27.7 Å². The van der Waals surface area contributed by atoms with Crippen molar-refractivity contribution in [3.8, 4) is 0 Å². The van der Waals surface area contributed by atoms with Crippen molar-refractivity contribution in [2.45, 2.75) is 431 Å². The first-order valence-corrected chi connectivity index (χ1v) is 42.2. The lowest BCUT2D eigenvalue weighted by atomic mass is 10.0. The molecule has 0 aromatic heterocycles. The molecule has 0 aliphatic rings. The molecule has 0 aromatic rings. The molecule has 0 radical (unpaired) electrons. The number of phosphoric ester groups is 1. The van der Waals surface area contributed by atoms with Gasteiger partial charge in [0.25, 0.3) is 0 Å². The molecule has 0 fully saturated rings. The molecule has 0 aliphatic heterocycles. The molecule has 0 saturated heterocycles. The van der Waals surface area contributed by atoms with Crippen LogP contribution in [0.4, 0.5) is 0 Å². The second kappa shape index (κ2) is 73.5. The molecule has 0 rings (SSSR count). The smallest absolute Gasteiger partial charge is 0.462 e. The molecule has 0 amide bonds. The molecule has 9 nitrogen and oxygen atoms in total. The summed E-state index contributed by atoms with van der Waals surface area (Å²) in [6.45, 7) is 4.51. The predicted molar refractivity (Wildman–Crippen MR) is 400 cm³/mol. The van der Waals surface area contributed by atoms with Crippen LogP contribution in [0.25, 0.3) is 0 Å². The Morgan fingerprint density at radius 3 is 0.870 bits per heavy atom. The number of hydrogen-bond donors (Lipinski definition) is 1. The van der Waals surface area contributed by atoms with Crippen LogP contribution in [0.1, 0.15) is 425 Å². The van der Waals surface area contributed by atoms with Gasteiger partial charge >= 0.3 is 19.8 Å². The Kier molecular flexibility index (Phi) is 72.1. The lowest BCUT2D eigenvalue weighted by Crippen LogP contribution is -2.37. The van der Waals surface area contributed by atoms with E-state index in [0.29, 0.717) is 17.4 Å². The predicted octanol–water partition coefficient (Wildman–Crippen LogP) is 27.0. The van der Waals surface area contributed by atoms with Crippen LogP contribution in [-0.4, -0.2) is 74.9 Å². The monoisotopic (exact) mass is 1320 g/mol. The number of rotatable bonds is 77. The van der Waals surface area contributed by atoms with Crippen molar-refractivity contribution in [1.82, 2.24) is 0 Å². The molecule has 92 heavy (non-hydrogen) atoms. The molecule has 0 aliphatic carbocycles. The van der Waals surface area contributed by atoms with Crippen molar-refractivity contribution in [2.75, 3.05) is 47.5 Å². The molecule has 0 bridgehead atoms. The number of hydrogen-bond acceptors (Lipinski definition) is 7. The number of carbonyl (C=O) groups is 2. The molecule has 0 spiro atoms. The Labute approximate surface area is 573 Å². The van der Waals surface area contributed by atoms with Crippen LogP contribution in [0.2, 0.25) is 0 Å². The van der Waals surface area contributed by atoms with Gasteiger partial charge in [0, 0.05) is 12.8 Å². The van der Waals surface area contributed by atoms with Crippen molar-refractivity contribution in [3.63, 3.8) is 0 Å². The molecule has 0 heterocycles. The Hall–Kier alpha value is -1.77. The van der Waals surface area contributed by atoms with Crippen molar-refractivity contribution in [3.05, 3.63) is 36.5 Å². The van der Waals surface area contributed by atoms with Crippen molar-refractivity contribution in [1.29, 1.82) is 0 Å². The number of likely N-dealkylation sites (N-methyl/N-ethyl adjacent to an activating group) is 1. The highest BCUT2D eigenvalue weighted by Crippen LogP contribution is 2.43. The molecular weight excluding hydrogens is 1160 g/mol. The van der Waals surface area contributed by atoms with Gasteiger partial charge in [0.1, 0.15) is 19.8 Å². The maximum atomic E-state index is 12.9. The Bertz CT molecular complexity index is 1640. The SMILES string of the molecule is CCCCCCC/C=C\C/C=C\CCCCCCCCCCCCCCCCCCCCCCCCCCCCCC(=O)OC(COC(=O)CCCCCCCCCCCCCCCCCCC/C=C\CCCCCCCCCC)COP(=O)(O)OCC[N+](C)(C)C. The number of ether oxygens (including phenoxy) is 2. The number of quaternary nitrogens is 1. The highest BCUT2D eigenvalue weighted by atomic mass is 31.2. The Balaban J connectivity index is 3.88. The maximum absolute atomic E-state index is 12.9. The van der Waals surface area contributed by atoms with Crippen molar-refractivity contribution >= 4 is 19.8 Å². The fourth-order valence-corrected chi connectivity index (χ4v) is 13.1. The lowest BCUT2D eigenvalue weighted by Gasteiger charge is -2.24. The Morgan fingerprint density at radius 2 is 0.587 bits per heavy atom. The summed E-state index contributed by atoms with van der Waals surface area (Å²) in [7, 11) is 1.50. The third kappa shape index (κ3) is 77.2. The fourth-order valence-electron chi connectivity index (χ4n) is 12.4. The van der Waals surface area contributed by atoms with Crippen LogP contribution >= 0.6 is 7.82 Å². The molecular formula is C82H159NO8P+. The minimum Gasteiger partial charge on any atom is -0.462 e. The summed E-state index contributed by atoms with van der Waals surface area (Å²) >= 11 is 0. The quantitative estimate of drug-likeness (QED) is 0.0211. The van der Waals surface area contributed by atoms with E-state index in [0.717, 1.165) is 44.9 Å². The minimum atomic E-state index is -4.39. The zero-order valence-corrected chi connectivity index (χ0v) is 63.2. The number of phosphoric acid groups is 1. The summed E-state index contributed by atoms with van der Waals surface area (Å²) < 4.78 is 34.8. The largest absolute Gasteiger partial charge is 0.472 e. The fraction of sp³-hybridized carbons (Fsp3) is 0.902. The van der Waals surface area contributed by atoms with Gasteiger partial charge in [-0.05, 0) is 70.6 Å². The van der Waals surface area contributed by atoms with Gasteiger partial charge in [-0.3, -0.25) is 18.6 Å². The average molecular weight is 1320 g/mol. The summed E-state index contributed by atoms with van der Waals surface area (Å²) in [5.74, 6) is -0.770. The topological polar surface area (TPSA) is 108 Å². The van der Waals surface area contributed by atoms with Crippen LogP contribution in [-0.2, 0) is 32.7 Å². The number of carbonyl (C=O) groups excluding carboxylic acids is 2. The van der Waals surface area contributed by atoms with Gasteiger partial charge in [0.2, 0.25) is 0 Å². The minimum absolute atomic E-state index is 0.0355. The summed E-state index contributed by atoms with van der Waals surface area (Å²) in [5.41, 5.74) is 0. The highest BCUT2D eigenvalue weighted by molar-refractivity contribution is 7.47. The van der Waals surface area contributed by atoms with Crippen LogP contribution in [0.3, 0.4) is 0 Å². The van der Waals surface area contributed by atoms with Gasteiger partial charge in [-0.1, -0.05) is 378 Å². The third-order valence-electron chi connectivity index (χ3n) is 18.6. The zero-order chi connectivity index (χ0) is 66.9. The van der Waals surface area contributed by atoms with E-state index in [9.17, 15) is 19.0 Å². The van der Waals surface area contributed by atoms with E-state index >= 15 is 0 Å². The number of unbranched alkanes of at least 4 members (excludes halogenated alkanes) is 57. The first kappa shape index (κ1) is 90.2. The maximum Gasteiger partial charge on any atom is 0.472 e. The highest BCUT2D eigenvalue weighted by Gasteiger charge is 2.27. The molecule has 1 N–H and O–H groups in total. The van der Waals surface area contributed by atoms with Gasteiger partial charge in [-0.2, -0.15) is 0 Å². The van der Waals surface area contributed by atoms with Crippen LogP contribution in [0.5, 0.6) is 0 Å². The van der Waals surface area contributed by atoms with E-state index in [1.165, 1.54) is 353 Å². The average Bonchev–Trinajstić information content (AvgIpc) is 2.14. The van der Waals surface area contributed by atoms with E-state index in [1.807, 2.05) is 21.1 Å². The van der Waals surface area contributed by atoms with Crippen LogP contribution in [0, 0.1) is 0 Å². The lowest BCUT2D eigenvalue weighted by molar-refractivity contribution is -0.870. The zero-order valence-electron chi connectivity index (χ0n) is 62.3. The van der Waals surface area contributed by atoms with Gasteiger partial charge in [0.15, 0.2) is 6.10 Å². The number of esters is 2. The molecule has 0 saturated carbocycles. The van der Waals surface area contributed by atoms with Gasteiger partial charge in [-0.25, -0.2) is 4.57 Å². The van der Waals surface area contributed by atoms with Crippen molar-refractivity contribution in [2.24, 2.45) is 0 Å². The Morgan fingerprint density at radius 1 is 0.337 bits per heavy atom. The number of allylic oxidation sites excluding steroid dienone is 6. The standard InChI is InChI=1S/C82H158NO8P/c1-6-8-10-12-14-16-18-20-22-24-26-28-30-32-34-36-37-38-39-40-41-42-43-44-45-47-49-51-53-55-57-59-61-63-65-67-69-71-73-75-82(85)91-80(79-90-92(86,87)89-77-76-83(3,4)5)78-88-81(84)74-72-70-68-66-64-62-60-58-56-54-52-50-48-46-35-33-31-29-27-25-23-21-19-17-15-13-11-9-7-2/h18,20,24-27,80H,6-17,19,21-23,28-79H2,1-5H3/p+1/b20-18-,26-24-,27-25-. The molecule has 2 unspecified atom stereocenters. The number of nitrogens with zero attached hydrogens (tertiary/aromatic N) is 1. The van der Waals surface area contributed by atoms with Crippen molar-refractivity contribution < 1.29 is 42.1 Å². The second-order valence-corrected chi connectivity index (χ2v) is 30.6. The van der Waals surface area contributed by atoms with E-state index in [2.05, 4.69) is 50.3 Å². The summed E-state index contributed by atoms with van der Waals surface area (Å²) in [4.78, 5) is 36.0. The molecule has 2 atom stereocenters. The molecule has 544 valence electrons. The van der Waals surface area contributed by atoms with Crippen LogP contribution in [0.15, 0.2) is 36.5 Å². The summed E-state index contributed by atoms with van der Waals surface area (Å²) in [6.07, 6.45) is 95.9. The van der Waals surface area contributed by atoms with Gasteiger partial charge in [-0.15, -0.1) is 0 Å². The first-order chi connectivity index (χ1) is 45.0. The van der Waals surface area contributed by atoms with E-state index in [1.54, 1.807) is 0 Å². The molecule has 10 heteroatoms.